The highest BCUT2D eigenvalue weighted by molar-refractivity contribution is 5.87. The summed E-state index contributed by atoms with van der Waals surface area (Å²) in [6.45, 7) is 5.56. The summed E-state index contributed by atoms with van der Waals surface area (Å²) in [5.41, 5.74) is 13.1. The van der Waals surface area contributed by atoms with E-state index in [4.69, 9.17) is 25.7 Å². The SMILES string of the molecule is CCC(=O)[C@H](CCCN=C(N)N)N(C)C(=O)OC1CC[C@@]2(C)[C@H]3Cc4ccc(OC)c5c4[C@@]2(CCN3C)[C@H]1O5. The summed E-state index contributed by atoms with van der Waals surface area (Å²) < 4.78 is 18.8. The molecule has 2 aliphatic heterocycles. The van der Waals surface area contributed by atoms with Gasteiger partial charge < -0.3 is 35.5 Å². The van der Waals surface area contributed by atoms with Crippen molar-refractivity contribution >= 4 is 17.8 Å². The number of piperidine rings is 1. The molecule has 1 spiro atoms. The molecule has 0 radical (unpaired) electrons. The van der Waals surface area contributed by atoms with Crippen LogP contribution in [0.4, 0.5) is 4.79 Å². The second-order valence-electron chi connectivity index (χ2n) is 11.9. The standard InChI is InChI=1S/C29H43N5O5/c1-6-19(35)18(8-7-14-32-26(30)31)34(4)27(36)38-21-11-12-28(2)22-16-17-9-10-20(37-5)24-23(17)29(28,25(21)39-24)13-15-33(22)3/h9-10,18,21-22,25H,6-8,11-16H2,1-5H3,(H4,30,31,32)/t18-,21?,22+,25-,28-,29-/m0/s1. The second kappa shape index (κ2) is 10.2. The minimum absolute atomic E-state index is 0.0148. The van der Waals surface area contributed by atoms with Crippen molar-refractivity contribution in [2.24, 2.45) is 21.9 Å². The van der Waals surface area contributed by atoms with Gasteiger partial charge in [-0.3, -0.25) is 9.79 Å². The van der Waals surface area contributed by atoms with Crippen molar-refractivity contribution in [3.8, 4) is 11.5 Å². The quantitative estimate of drug-likeness (QED) is 0.277. The molecule has 10 heteroatoms. The molecule has 1 aromatic rings. The molecule has 2 fully saturated rings. The summed E-state index contributed by atoms with van der Waals surface area (Å²) in [6, 6.07) is 3.97. The van der Waals surface area contributed by atoms with Crippen molar-refractivity contribution in [1.29, 1.82) is 0 Å². The van der Waals surface area contributed by atoms with Gasteiger partial charge in [0.15, 0.2) is 23.2 Å². The fraction of sp³-hybridized carbons (Fsp3) is 0.690. The minimum atomic E-state index is -0.598. The largest absolute Gasteiger partial charge is 0.493 e. The third-order valence-corrected chi connectivity index (χ3v) is 10.1. The van der Waals surface area contributed by atoms with Crippen molar-refractivity contribution in [1.82, 2.24) is 9.80 Å². The molecule has 4 N–H and O–H groups in total. The third-order valence-electron chi connectivity index (χ3n) is 10.1. The van der Waals surface area contributed by atoms with Crippen LogP contribution in [-0.2, 0) is 21.4 Å². The zero-order valence-electron chi connectivity index (χ0n) is 23.9. The Bertz CT molecular complexity index is 1170. The number of guanidine groups is 1. The summed E-state index contributed by atoms with van der Waals surface area (Å²) in [5.74, 6) is 1.54. The molecule has 0 aromatic heterocycles. The average molecular weight is 542 g/mol. The first-order valence-corrected chi connectivity index (χ1v) is 14.2. The number of nitrogens with zero attached hydrogens (tertiary/aromatic N) is 3. The van der Waals surface area contributed by atoms with Crippen molar-refractivity contribution in [3.63, 3.8) is 0 Å². The Morgan fingerprint density at radius 1 is 1.31 bits per heavy atom. The fourth-order valence-electron chi connectivity index (χ4n) is 8.09. The predicted molar refractivity (Wildman–Crippen MR) is 148 cm³/mol. The number of carbonyl (C=O) groups excluding carboxylic acids is 2. The smallest absolute Gasteiger partial charge is 0.410 e. The molecule has 1 saturated carbocycles. The van der Waals surface area contributed by atoms with Crippen molar-refractivity contribution in [2.45, 2.75) is 88.5 Å². The van der Waals surface area contributed by atoms with Crippen LogP contribution in [0.2, 0.25) is 0 Å². The summed E-state index contributed by atoms with van der Waals surface area (Å²) >= 11 is 0. The Labute approximate surface area is 231 Å². The van der Waals surface area contributed by atoms with E-state index >= 15 is 0 Å². The molecule has 1 unspecified atom stereocenters. The number of aliphatic imine (C=N–C) groups is 1. The maximum atomic E-state index is 13.6. The molecular weight excluding hydrogens is 498 g/mol. The van der Waals surface area contributed by atoms with Gasteiger partial charge in [-0.05, 0) is 69.2 Å². The number of likely N-dealkylation sites (tertiary alicyclic amines) is 1. The van der Waals surface area contributed by atoms with Gasteiger partial charge in [0.05, 0.1) is 13.2 Å². The van der Waals surface area contributed by atoms with Crippen LogP contribution in [0.1, 0.15) is 63.5 Å². The molecule has 2 aliphatic carbocycles. The lowest BCUT2D eigenvalue weighted by Crippen LogP contribution is -2.72. The van der Waals surface area contributed by atoms with Gasteiger partial charge in [-0.15, -0.1) is 0 Å². The first-order chi connectivity index (χ1) is 18.6. The molecule has 39 heavy (non-hydrogen) atoms. The minimum Gasteiger partial charge on any atom is -0.493 e. The molecule has 1 saturated heterocycles. The highest BCUT2D eigenvalue weighted by Gasteiger charge is 2.71. The number of methoxy groups -OCH3 is 1. The molecule has 4 aliphatic rings. The van der Waals surface area contributed by atoms with Crippen LogP contribution < -0.4 is 20.9 Å². The number of amides is 1. The van der Waals surface area contributed by atoms with Crippen LogP contribution >= 0.6 is 0 Å². The summed E-state index contributed by atoms with van der Waals surface area (Å²) in [5, 5.41) is 0. The maximum Gasteiger partial charge on any atom is 0.410 e. The topological polar surface area (TPSA) is 133 Å². The number of likely N-dealkylation sites (N-methyl/N-ethyl adjacent to an activating group) is 2. The Kier molecular flexibility index (Phi) is 7.20. The Balaban J connectivity index is 1.42. The maximum absolute atomic E-state index is 13.6. The van der Waals surface area contributed by atoms with E-state index in [1.54, 1.807) is 21.1 Å². The van der Waals surface area contributed by atoms with Crippen LogP contribution in [-0.4, -0.2) is 86.2 Å². The third kappa shape index (κ3) is 4.13. The molecule has 214 valence electrons. The number of ketones is 1. The van der Waals surface area contributed by atoms with Gasteiger partial charge >= 0.3 is 6.09 Å². The summed E-state index contributed by atoms with van der Waals surface area (Å²) in [4.78, 5) is 34.3. The first-order valence-electron chi connectivity index (χ1n) is 14.2. The molecule has 1 aromatic carbocycles. The van der Waals surface area contributed by atoms with E-state index in [0.717, 1.165) is 37.3 Å². The number of benzene rings is 1. The Hall–Kier alpha value is -3.01. The van der Waals surface area contributed by atoms with Gasteiger partial charge in [0, 0.05) is 37.0 Å². The van der Waals surface area contributed by atoms with E-state index in [2.05, 4.69) is 29.9 Å². The summed E-state index contributed by atoms with van der Waals surface area (Å²) in [7, 11) is 5.54. The lowest BCUT2D eigenvalue weighted by atomic mass is 9.44. The number of Topliss-reactive ketones (excluding diaryl/α,β-unsaturated/α-hetero) is 1. The molecule has 6 atom stereocenters. The number of ether oxygens (including phenoxy) is 3. The van der Waals surface area contributed by atoms with E-state index in [1.165, 1.54) is 16.0 Å². The van der Waals surface area contributed by atoms with Crippen molar-refractivity contribution in [3.05, 3.63) is 23.3 Å². The van der Waals surface area contributed by atoms with E-state index in [9.17, 15) is 9.59 Å². The molecular formula is C29H43N5O5. The van der Waals surface area contributed by atoms with Crippen LogP contribution in [0.3, 0.4) is 0 Å². The fourth-order valence-corrected chi connectivity index (χ4v) is 8.09. The molecule has 2 bridgehead atoms. The number of nitrogens with two attached hydrogens (primary N) is 2. The van der Waals surface area contributed by atoms with Gasteiger partial charge in [-0.25, -0.2) is 4.79 Å². The molecule has 1 amide bonds. The Morgan fingerprint density at radius 2 is 2.08 bits per heavy atom. The van der Waals surface area contributed by atoms with E-state index in [1.807, 2.05) is 6.07 Å². The zero-order chi connectivity index (χ0) is 28.1. The normalized spacial score (nSPS) is 30.9. The molecule has 5 rings (SSSR count). The number of hydrogen-bond donors (Lipinski definition) is 2. The van der Waals surface area contributed by atoms with Gasteiger partial charge in [-0.2, -0.15) is 0 Å². The van der Waals surface area contributed by atoms with Gasteiger partial charge in [-0.1, -0.05) is 19.9 Å². The predicted octanol–water partition coefficient (Wildman–Crippen LogP) is 2.59. The van der Waals surface area contributed by atoms with Crippen molar-refractivity contribution < 1.29 is 23.8 Å². The van der Waals surface area contributed by atoms with Crippen LogP contribution in [0.25, 0.3) is 0 Å². The number of rotatable bonds is 9. The second-order valence-corrected chi connectivity index (χ2v) is 11.9. The highest BCUT2D eigenvalue weighted by Crippen LogP contribution is 2.69. The summed E-state index contributed by atoms with van der Waals surface area (Å²) in [6.07, 6.45) is 3.66. The average Bonchev–Trinajstić information content (AvgIpc) is 3.27. The van der Waals surface area contributed by atoms with Gasteiger partial charge in [0.2, 0.25) is 0 Å². The van der Waals surface area contributed by atoms with Gasteiger partial charge in [0.1, 0.15) is 12.2 Å². The van der Waals surface area contributed by atoms with Crippen molar-refractivity contribution in [2.75, 3.05) is 34.3 Å². The monoisotopic (exact) mass is 541 g/mol. The van der Waals surface area contributed by atoms with E-state index < -0.39 is 18.2 Å². The van der Waals surface area contributed by atoms with Crippen LogP contribution in [0, 0.1) is 5.41 Å². The van der Waals surface area contributed by atoms with Crippen LogP contribution in [0.15, 0.2) is 17.1 Å². The van der Waals surface area contributed by atoms with Crippen LogP contribution in [0.5, 0.6) is 11.5 Å². The first kappa shape index (κ1) is 27.6. The van der Waals surface area contributed by atoms with Gasteiger partial charge in [0.25, 0.3) is 0 Å². The lowest BCUT2D eigenvalue weighted by molar-refractivity contribution is -0.151. The Morgan fingerprint density at radius 3 is 2.77 bits per heavy atom. The van der Waals surface area contributed by atoms with E-state index in [-0.39, 0.29) is 28.7 Å². The lowest BCUT2D eigenvalue weighted by Gasteiger charge is -2.65. The highest BCUT2D eigenvalue weighted by atomic mass is 16.6. The zero-order valence-corrected chi connectivity index (χ0v) is 23.9. The molecule has 10 nitrogen and oxygen atoms in total. The number of carbonyl (C=O) groups is 2. The van der Waals surface area contributed by atoms with E-state index in [0.29, 0.717) is 38.3 Å². The number of hydrogen-bond acceptors (Lipinski definition) is 7. The molecule has 2 heterocycles.